The van der Waals surface area contributed by atoms with E-state index in [1.165, 1.54) is 11.5 Å². The molecule has 2 aromatic heterocycles. The van der Waals surface area contributed by atoms with Gasteiger partial charge in [0.2, 0.25) is 0 Å². The molecule has 25 heavy (non-hydrogen) atoms. The highest BCUT2D eigenvalue weighted by Gasteiger charge is 2.41. The number of thiazole rings is 1. The number of rotatable bonds is 4. The number of aliphatic hydroxyl groups excluding tert-OH is 1. The van der Waals surface area contributed by atoms with Crippen LogP contribution in [0.2, 0.25) is 0 Å². The minimum Gasteiger partial charge on any atom is -0.460 e. The summed E-state index contributed by atoms with van der Waals surface area (Å²) < 4.78 is 12.4. The average Bonchev–Trinajstić information content (AvgIpc) is 3.04. The van der Waals surface area contributed by atoms with Gasteiger partial charge in [-0.25, -0.2) is 4.98 Å². The van der Waals surface area contributed by atoms with Crippen LogP contribution >= 0.6 is 11.3 Å². The Bertz CT molecular complexity index is 916. The molecular formula is C15H19N3O6S. The van der Waals surface area contributed by atoms with Crippen molar-refractivity contribution < 1.29 is 19.4 Å². The van der Waals surface area contributed by atoms with Gasteiger partial charge in [0.1, 0.15) is 22.7 Å². The number of H-pyrrole nitrogens is 1. The van der Waals surface area contributed by atoms with Crippen LogP contribution in [0.15, 0.2) is 9.59 Å². The van der Waals surface area contributed by atoms with Gasteiger partial charge < -0.3 is 19.6 Å². The third-order valence-corrected chi connectivity index (χ3v) is 5.04. The molecule has 136 valence electrons. The van der Waals surface area contributed by atoms with Crippen LogP contribution in [0, 0.1) is 6.92 Å². The monoisotopic (exact) mass is 369 g/mol. The highest BCUT2D eigenvalue weighted by Crippen LogP contribution is 2.33. The van der Waals surface area contributed by atoms with Gasteiger partial charge in [0.05, 0.1) is 6.10 Å². The van der Waals surface area contributed by atoms with E-state index in [-0.39, 0.29) is 16.8 Å². The topological polar surface area (TPSA) is 124 Å². The van der Waals surface area contributed by atoms with Gasteiger partial charge in [-0.05, 0) is 13.3 Å². The van der Waals surface area contributed by atoms with Crippen molar-refractivity contribution in [1.82, 2.24) is 14.5 Å². The quantitative estimate of drug-likeness (QED) is 0.750. The summed E-state index contributed by atoms with van der Waals surface area (Å²) in [6, 6.07) is 0. The lowest BCUT2D eigenvalue weighted by atomic mass is 10.1. The van der Waals surface area contributed by atoms with Crippen molar-refractivity contribution >= 4 is 27.7 Å². The van der Waals surface area contributed by atoms with Crippen LogP contribution in [-0.2, 0) is 14.3 Å². The summed E-state index contributed by atoms with van der Waals surface area (Å²) in [5.74, 6) is -0.0743. The maximum absolute atomic E-state index is 12.4. The Labute approximate surface area is 146 Å². The number of aryl methyl sites for hydroxylation is 1. The predicted molar refractivity (Wildman–Crippen MR) is 89.6 cm³/mol. The molecule has 0 saturated carbocycles. The van der Waals surface area contributed by atoms with E-state index in [4.69, 9.17) is 9.47 Å². The van der Waals surface area contributed by atoms with Crippen LogP contribution in [0.3, 0.4) is 0 Å². The zero-order chi connectivity index (χ0) is 18.3. The number of carbonyl (C=O) groups excluding carboxylic acids is 1. The number of hydrogen-bond acceptors (Lipinski definition) is 8. The fourth-order valence-electron chi connectivity index (χ4n) is 3.05. The highest BCUT2D eigenvalue weighted by atomic mass is 32.1. The fourth-order valence-corrected chi connectivity index (χ4v) is 3.89. The zero-order valence-electron chi connectivity index (χ0n) is 14.0. The molecule has 0 aliphatic carbocycles. The van der Waals surface area contributed by atoms with E-state index in [0.29, 0.717) is 12.2 Å². The fraction of sp³-hybridized carbons (Fsp3) is 0.600. The van der Waals surface area contributed by atoms with E-state index >= 15 is 0 Å². The summed E-state index contributed by atoms with van der Waals surface area (Å²) in [5.41, 5.74) is -0.222. The summed E-state index contributed by atoms with van der Waals surface area (Å²) in [5, 5.41) is 10.4. The maximum atomic E-state index is 12.4. The van der Waals surface area contributed by atoms with Crippen LogP contribution in [0.25, 0.3) is 10.3 Å². The molecular weight excluding hydrogens is 350 g/mol. The summed E-state index contributed by atoms with van der Waals surface area (Å²) in [7, 11) is 0. The number of fused-ring (bicyclic) bond motifs is 1. The molecule has 2 aromatic rings. The van der Waals surface area contributed by atoms with Crippen LogP contribution < -0.4 is 10.4 Å². The smallest absolute Gasteiger partial charge is 0.311 e. The van der Waals surface area contributed by atoms with Crippen molar-refractivity contribution in [2.75, 3.05) is 0 Å². The third-order valence-electron chi connectivity index (χ3n) is 4.10. The number of aromatic nitrogens is 3. The molecule has 0 radical (unpaired) electrons. The molecule has 0 amide bonds. The molecule has 1 aliphatic heterocycles. The number of carbonyl (C=O) groups is 1. The number of ether oxygens (including phenoxy) is 2. The first-order valence-corrected chi connectivity index (χ1v) is 8.76. The molecule has 9 nitrogen and oxygen atoms in total. The number of nitrogens with zero attached hydrogens (tertiary/aromatic N) is 2. The molecule has 0 aromatic carbocycles. The maximum Gasteiger partial charge on any atom is 0.311 e. The summed E-state index contributed by atoms with van der Waals surface area (Å²) in [6.45, 7) is 4.75. The van der Waals surface area contributed by atoms with Crippen molar-refractivity contribution in [3.05, 3.63) is 25.8 Å². The Balaban J connectivity index is 1.99. The Morgan fingerprint density at radius 3 is 2.92 bits per heavy atom. The van der Waals surface area contributed by atoms with Crippen LogP contribution in [0.1, 0.15) is 38.7 Å². The van der Waals surface area contributed by atoms with Crippen LogP contribution in [0.5, 0.6) is 0 Å². The molecule has 1 aliphatic rings. The predicted octanol–water partition coefficient (Wildman–Crippen LogP) is 0.445. The Hall–Kier alpha value is -2.04. The Morgan fingerprint density at radius 2 is 2.28 bits per heavy atom. The van der Waals surface area contributed by atoms with E-state index in [1.54, 1.807) is 6.92 Å². The lowest BCUT2D eigenvalue weighted by Crippen LogP contribution is -2.31. The lowest BCUT2D eigenvalue weighted by molar-refractivity contribution is -0.156. The molecule has 0 spiro atoms. The molecule has 3 rings (SSSR count). The van der Waals surface area contributed by atoms with Gasteiger partial charge in [0, 0.05) is 13.3 Å². The Morgan fingerprint density at radius 1 is 1.56 bits per heavy atom. The zero-order valence-corrected chi connectivity index (χ0v) is 14.8. The number of nitrogens with one attached hydrogen (secondary N) is 1. The largest absolute Gasteiger partial charge is 0.460 e. The first-order chi connectivity index (χ1) is 11.8. The van der Waals surface area contributed by atoms with Crippen molar-refractivity contribution in [2.45, 2.75) is 58.2 Å². The van der Waals surface area contributed by atoms with E-state index in [1.807, 2.05) is 6.92 Å². The highest BCUT2D eigenvalue weighted by molar-refractivity contribution is 7.16. The van der Waals surface area contributed by atoms with Gasteiger partial charge >= 0.3 is 10.8 Å². The second-order valence-electron chi connectivity index (χ2n) is 5.97. The Kier molecular flexibility index (Phi) is 4.76. The SMILES string of the molecule is CC[C@H](OC(C)=O)[C@@H]1C[C@@H](O)[C@H](n2c(=O)sc3c(=O)[nH]c(C)nc32)O1. The van der Waals surface area contributed by atoms with Gasteiger partial charge in [0.15, 0.2) is 11.9 Å². The minimum atomic E-state index is -0.982. The van der Waals surface area contributed by atoms with E-state index < -0.39 is 40.9 Å². The first kappa shape index (κ1) is 17.8. The number of aliphatic hydroxyl groups is 1. The van der Waals surface area contributed by atoms with Gasteiger partial charge in [-0.15, -0.1) is 0 Å². The van der Waals surface area contributed by atoms with Gasteiger partial charge in [0.25, 0.3) is 5.56 Å². The molecule has 3 heterocycles. The number of esters is 1. The van der Waals surface area contributed by atoms with Crippen LogP contribution in [-0.4, -0.2) is 43.9 Å². The minimum absolute atomic E-state index is 0.182. The molecule has 2 N–H and O–H groups in total. The summed E-state index contributed by atoms with van der Waals surface area (Å²) in [4.78, 5) is 41.9. The average molecular weight is 369 g/mol. The lowest BCUT2D eigenvalue weighted by Gasteiger charge is -2.22. The third kappa shape index (κ3) is 3.24. The number of aromatic amines is 1. The second-order valence-corrected chi connectivity index (χ2v) is 6.93. The summed E-state index contributed by atoms with van der Waals surface area (Å²) >= 11 is 0.754. The molecule has 0 bridgehead atoms. The molecule has 1 saturated heterocycles. The standard InChI is InChI=1S/C15H19N3O6S/c1-4-9(23-7(3)19)10-5-8(20)14(24-10)18-12-11(25-15(18)22)13(21)17-6(2)16-12/h8-10,14,20H,4-5H2,1-3H3,(H,16,17,21)/t8-,9+,10+,14-/m1/s1. The van der Waals surface area contributed by atoms with Crippen molar-refractivity contribution in [3.63, 3.8) is 0 Å². The number of hydrogen-bond donors (Lipinski definition) is 2. The van der Waals surface area contributed by atoms with Crippen molar-refractivity contribution in [2.24, 2.45) is 0 Å². The summed E-state index contributed by atoms with van der Waals surface area (Å²) in [6.07, 6.45) is -2.30. The van der Waals surface area contributed by atoms with E-state index in [0.717, 1.165) is 11.3 Å². The molecule has 4 atom stereocenters. The van der Waals surface area contributed by atoms with Crippen molar-refractivity contribution in [3.8, 4) is 0 Å². The van der Waals surface area contributed by atoms with Crippen LogP contribution in [0.4, 0.5) is 0 Å². The molecule has 0 unspecified atom stereocenters. The second kappa shape index (κ2) is 6.70. The van der Waals surface area contributed by atoms with Crippen molar-refractivity contribution in [1.29, 1.82) is 0 Å². The molecule has 1 fully saturated rings. The van der Waals surface area contributed by atoms with E-state index in [9.17, 15) is 19.5 Å². The first-order valence-electron chi connectivity index (χ1n) is 7.94. The van der Waals surface area contributed by atoms with Gasteiger partial charge in [-0.3, -0.25) is 19.0 Å². The molecule has 10 heteroatoms. The van der Waals surface area contributed by atoms with Gasteiger partial charge in [-0.2, -0.15) is 0 Å². The normalized spacial score (nSPS) is 24.6. The van der Waals surface area contributed by atoms with E-state index in [2.05, 4.69) is 9.97 Å². The van der Waals surface area contributed by atoms with Gasteiger partial charge in [-0.1, -0.05) is 18.3 Å².